The topological polar surface area (TPSA) is 18.5 Å². The van der Waals surface area contributed by atoms with E-state index in [0.717, 1.165) is 17.7 Å². The van der Waals surface area contributed by atoms with Gasteiger partial charge in [0.25, 0.3) is 0 Å². The van der Waals surface area contributed by atoms with Gasteiger partial charge in [-0.25, -0.2) is 0 Å². The minimum atomic E-state index is 0.608. The molecule has 0 fully saturated rings. The molecule has 0 saturated heterocycles. The lowest BCUT2D eigenvalue weighted by Crippen LogP contribution is -2.07. The zero-order valence-corrected chi connectivity index (χ0v) is 9.92. The summed E-state index contributed by atoms with van der Waals surface area (Å²) in [5.41, 5.74) is 1.21. The van der Waals surface area contributed by atoms with Crippen LogP contribution in [0, 0.1) is 6.92 Å². The molecular formula is C11H15BrO2. The van der Waals surface area contributed by atoms with E-state index >= 15 is 0 Å². The molecule has 0 aliphatic carbocycles. The van der Waals surface area contributed by atoms with Crippen molar-refractivity contribution in [1.82, 2.24) is 0 Å². The molecule has 3 heteroatoms. The minimum Gasteiger partial charge on any atom is -0.491 e. The Balaban J connectivity index is 2.18. The number of hydrogen-bond acceptors (Lipinski definition) is 2. The summed E-state index contributed by atoms with van der Waals surface area (Å²) < 4.78 is 10.8. The lowest BCUT2D eigenvalue weighted by atomic mass is 10.2. The second kappa shape index (κ2) is 6.85. The van der Waals surface area contributed by atoms with Crippen LogP contribution < -0.4 is 4.74 Å². The summed E-state index contributed by atoms with van der Waals surface area (Å²) in [6.07, 6.45) is 0. The Kier molecular flexibility index (Phi) is 5.64. The van der Waals surface area contributed by atoms with Gasteiger partial charge in [0.05, 0.1) is 13.2 Å². The highest BCUT2D eigenvalue weighted by Gasteiger charge is 1.93. The van der Waals surface area contributed by atoms with Crippen LogP contribution in [0.25, 0.3) is 0 Å². The Morgan fingerprint density at radius 2 is 2.07 bits per heavy atom. The number of aryl methyl sites for hydroxylation is 1. The van der Waals surface area contributed by atoms with Crippen LogP contribution in [0.5, 0.6) is 5.75 Å². The molecule has 0 spiro atoms. The Bertz CT molecular complexity index is 263. The highest BCUT2D eigenvalue weighted by molar-refractivity contribution is 9.09. The molecule has 0 radical (unpaired) electrons. The summed E-state index contributed by atoms with van der Waals surface area (Å²) in [6.45, 7) is 4.03. The molecule has 0 aromatic heterocycles. The van der Waals surface area contributed by atoms with E-state index in [4.69, 9.17) is 9.47 Å². The van der Waals surface area contributed by atoms with E-state index in [1.807, 2.05) is 31.2 Å². The third kappa shape index (κ3) is 4.63. The van der Waals surface area contributed by atoms with Crippen molar-refractivity contribution in [2.45, 2.75) is 6.92 Å². The minimum absolute atomic E-state index is 0.608. The fraction of sp³-hybridized carbons (Fsp3) is 0.455. The van der Waals surface area contributed by atoms with Crippen LogP contribution in [0.4, 0.5) is 0 Å². The zero-order chi connectivity index (χ0) is 10.2. The first-order valence-electron chi connectivity index (χ1n) is 4.66. The van der Waals surface area contributed by atoms with Gasteiger partial charge in [0.1, 0.15) is 12.4 Å². The number of hydrogen-bond donors (Lipinski definition) is 0. The van der Waals surface area contributed by atoms with Gasteiger partial charge in [-0.2, -0.15) is 0 Å². The number of benzene rings is 1. The van der Waals surface area contributed by atoms with Crippen LogP contribution in [0.1, 0.15) is 5.56 Å². The summed E-state index contributed by atoms with van der Waals surface area (Å²) in [5.74, 6) is 0.910. The summed E-state index contributed by atoms with van der Waals surface area (Å²) >= 11 is 3.29. The molecule has 14 heavy (non-hydrogen) atoms. The highest BCUT2D eigenvalue weighted by atomic mass is 79.9. The van der Waals surface area contributed by atoms with E-state index in [-0.39, 0.29) is 0 Å². The van der Waals surface area contributed by atoms with Crippen molar-refractivity contribution in [3.8, 4) is 5.75 Å². The highest BCUT2D eigenvalue weighted by Crippen LogP contribution is 2.11. The summed E-state index contributed by atoms with van der Waals surface area (Å²) in [7, 11) is 0. The lowest BCUT2D eigenvalue weighted by Gasteiger charge is -2.06. The van der Waals surface area contributed by atoms with E-state index in [9.17, 15) is 0 Å². The van der Waals surface area contributed by atoms with Crippen LogP contribution in [0.15, 0.2) is 24.3 Å². The fourth-order valence-electron chi connectivity index (χ4n) is 1.08. The smallest absolute Gasteiger partial charge is 0.119 e. The first-order chi connectivity index (χ1) is 6.83. The first-order valence-corrected chi connectivity index (χ1v) is 5.78. The Hall–Kier alpha value is -0.540. The maximum absolute atomic E-state index is 5.49. The Morgan fingerprint density at radius 1 is 1.21 bits per heavy atom. The number of halogens is 1. The number of ether oxygens (including phenoxy) is 2. The van der Waals surface area contributed by atoms with Crippen LogP contribution in [-0.4, -0.2) is 25.2 Å². The second-order valence-electron chi connectivity index (χ2n) is 2.97. The molecule has 1 aromatic rings. The van der Waals surface area contributed by atoms with Crippen LogP contribution in [0.2, 0.25) is 0 Å². The van der Waals surface area contributed by atoms with E-state index in [1.54, 1.807) is 0 Å². The van der Waals surface area contributed by atoms with Gasteiger partial charge in [0, 0.05) is 5.33 Å². The Morgan fingerprint density at radius 3 is 2.79 bits per heavy atom. The molecule has 0 saturated carbocycles. The van der Waals surface area contributed by atoms with Gasteiger partial charge in [-0.1, -0.05) is 28.1 Å². The predicted octanol–water partition coefficient (Wildman–Crippen LogP) is 2.79. The average Bonchev–Trinajstić information content (AvgIpc) is 2.18. The average molecular weight is 259 g/mol. The summed E-state index contributed by atoms with van der Waals surface area (Å²) in [6, 6.07) is 8.01. The molecule has 0 atom stereocenters. The van der Waals surface area contributed by atoms with Gasteiger partial charge in [-0.05, 0) is 24.6 Å². The summed E-state index contributed by atoms with van der Waals surface area (Å²) in [4.78, 5) is 0. The van der Waals surface area contributed by atoms with Gasteiger partial charge >= 0.3 is 0 Å². The first kappa shape index (κ1) is 11.5. The van der Waals surface area contributed by atoms with Crippen molar-refractivity contribution in [3.63, 3.8) is 0 Å². The Labute approximate surface area is 93.4 Å². The van der Waals surface area contributed by atoms with Crippen molar-refractivity contribution < 1.29 is 9.47 Å². The molecule has 1 aromatic carbocycles. The van der Waals surface area contributed by atoms with Crippen LogP contribution >= 0.6 is 15.9 Å². The van der Waals surface area contributed by atoms with E-state index in [2.05, 4.69) is 15.9 Å². The molecule has 0 heterocycles. The SMILES string of the molecule is Cc1cccc(OCCOCCBr)c1. The molecule has 0 aliphatic heterocycles. The van der Waals surface area contributed by atoms with E-state index in [1.165, 1.54) is 5.56 Å². The van der Waals surface area contributed by atoms with E-state index in [0.29, 0.717) is 13.2 Å². The molecule has 0 N–H and O–H groups in total. The molecule has 0 unspecified atom stereocenters. The molecule has 0 amide bonds. The molecule has 78 valence electrons. The molecule has 1 rings (SSSR count). The molecule has 0 aliphatic rings. The van der Waals surface area contributed by atoms with Crippen molar-refractivity contribution in [3.05, 3.63) is 29.8 Å². The largest absolute Gasteiger partial charge is 0.491 e. The van der Waals surface area contributed by atoms with Gasteiger partial charge in [0.2, 0.25) is 0 Å². The van der Waals surface area contributed by atoms with Crippen LogP contribution in [0.3, 0.4) is 0 Å². The molecule has 0 bridgehead atoms. The van der Waals surface area contributed by atoms with Gasteiger partial charge in [0.15, 0.2) is 0 Å². The quantitative estimate of drug-likeness (QED) is 0.577. The molecule has 2 nitrogen and oxygen atoms in total. The maximum atomic E-state index is 5.49. The fourth-order valence-corrected chi connectivity index (χ4v) is 1.31. The van der Waals surface area contributed by atoms with Crippen molar-refractivity contribution in [1.29, 1.82) is 0 Å². The monoisotopic (exact) mass is 258 g/mol. The van der Waals surface area contributed by atoms with Crippen molar-refractivity contribution in [2.75, 3.05) is 25.2 Å². The molecular weight excluding hydrogens is 244 g/mol. The predicted molar refractivity (Wildman–Crippen MR) is 61.3 cm³/mol. The second-order valence-corrected chi connectivity index (χ2v) is 3.76. The summed E-state index contributed by atoms with van der Waals surface area (Å²) in [5, 5.41) is 0.872. The normalized spacial score (nSPS) is 10.1. The van der Waals surface area contributed by atoms with Gasteiger partial charge in [-0.15, -0.1) is 0 Å². The standard InChI is InChI=1S/C11H15BrO2/c1-10-3-2-4-11(9-10)14-8-7-13-6-5-12/h2-4,9H,5-8H2,1H3. The van der Waals surface area contributed by atoms with Gasteiger partial charge in [-0.3, -0.25) is 0 Å². The number of rotatable bonds is 6. The lowest BCUT2D eigenvalue weighted by molar-refractivity contribution is 0.112. The third-order valence-electron chi connectivity index (χ3n) is 1.71. The van der Waals surface area contributed by atoms with Crippen molar-refractivity contribution >= 4 is 15.9 Å². The van der Waals surface area contributed by atoms with Gasteiger partial charge < -0.3 is 9.47 Å². The van der Waals surface area contributed by atoms with E-state index < -0.39 is 0 Å². The zero-order valence-electron chi connectivity index (χ0n) is 8.33. The van der Waals surface area contributed by atoms with Crippen LogP contribution in [-0.2, 0) is 4.74 Å². The van der Waals surface area contributed by atoms with Crippen molar-refractivity contribution in [2.24, 2.45) is 0 Å². The maximum Gasteiger partial charge on any atom is 0.119 e. The number of alkyl halides is 1. The third-order valence-corrected chi connectivity index (χ3v) is 2.03.